The highest BCUT2D eigenvalue weighted by atomic mass is 19.3. The molecule has 0 aliphatic rings. The van der Waals surface area contributed by atoms with Crippen LogP contribution in [0, 0.1) is 6.92 Å². The van der Waals surface area contributed by atoms with Gasteiger partial charge in [-0.1, -0.05) is 0 Å². The zero-order valence-electron chi connectivity index (χ0n) is 6.29. The minimum absolute atomic E-state index is 0.435. The number of carbonyl (C=O) groups excluding carboxylic acids is 1. The van der Waals surface area contributed by atoms with Gasteiger partial charge in [-0.3, -0.25) is 4.79 Å². The summed E-state index contributed by atoms with van der Waals surface area (Å²) in [6.07, 6.45) is -0.390. The average molecular weight is 172 g/mol. The fourth-order valence-corrected chi connectivity index (χ4v) is 0.617. The molecule has 0 saturated carbocycles. The third-order valence-corrected chi connectivity index (χ3v) is 1.20. The summed E-state index contributed by atoms with van der Waals surface area (Å²) < 4.78 is 23.6. The van der Waals surface area contributed by atoms with Crippen molar-refractivity contribution in [1.82, 2.24) is 9.97 Å². The first-order valence-electron chi connectivity index (χ1n) is 3.22. The molecular formula is C7H6F2N2O. The van der Waals surface area contributed by atoms with E-state index in [4.69, 9.17) is 0 Å². The van der Waals surface area contributed by atoms with Crippen LogP contribution in [-0.2, 0) is 0 Å². The van der Waals surface area contributed by atoms with Crippen LogP contribution < -0.4 is 0 Å². The van der Waals surface area contributed by atoms with Crippen molar-refractivity contribution in [2.24, 2.45) is 0 Å². The summed E-state index contributed by atoms with van der Waals surface area (Å²) in [5.74, 6) is -1.77. The van der Waals surface area contributed by atoms with E-state index in [1.54, 1.807) is 6.92 Å². The molecule has 3 nitrogen and oxygen atoms in total. The van der Waals surface area contributed by atoms with Crippen LogP contribution in [-0.4, -0.2) is 22.2 Å². The van der Waals surface area contributed by atoms with Gasteiger partial charge in [0.05, 0.1) is 0 Å². The number of hydrogen-bond donors (Lipinski definition) is 0. The van der Waals surface area contributed by atoms with E-state index in [1.165, 1.54) is 12.4 Å². The highest BCUT2D eigenvalue weighted by Crippen LogP contribution is 2.02. The van der Waals surface area contributed by atoms with Crippen molar-refractivity contribution in [3.8, 4) is 0 Å². The summed E-state index contributed by atoms with van der Waals surface area (Å²) in [6.45, 7) is 1.70. The predicted molar refractivity (Wildman–Crippen MR) is 37.1 cm³/mol. The van der Waals surface area contributed by atoms with Crippen LogP contribution in [0.5, 0.6) is 0 Å². The maximum Gasteiger partial charge on any atom is 0.303 e. The van der Waals surface area contributed by atoms with Gasteiger partial charge in [0.1, 0.15) is 0 Å². The summed E-state index contributed by atoms with van der Waals surface area (Å²) in [5.41, 5.74) is 0.723. The summed E-state index contributed by atoms with van der Waals surface area (Å²) >= 11 is 0. The number of halogens is 2. The van der Waals surface area contributed by atoms with Crippen LogP contribution in [0.1, 0.15) is 16.2 Å². The highest BCUT2D eigenvalue weighted by molar-refractivity contribution is 5.94. The van der Waals surface area contributed by atoms with E-state index in [9.17, 15) is 13.6 Å². The number of alkyl halides is 2. The summed E-state index contributed by atoms with van der Waals surface area (Å²) in [5, 5.41) is 0. The Hall–Kier alpha value is -1.39. The largest absolute Gasteiger partial charge is 0.303 e. The van der Waals surface area contributed by atoms with Gasteiger partial charge >= 0.3 is 6.43 Å². The molecule has 1 aromatic rings. The quantitative estimate of drug-likeness (QED) is 0.630. The molecule has 0 atom stereocenters. The number of ketones is 1. The number of rotatable bonds is 2. The minimum Gasteiger partial charge on any atom is -0.284 e. The highest BCUT2D eigenvalue weighted by Gasteiger charge is 2.19. The summed E-state index contributed by atoms with van der Waals surface area (Å²) in [6, 6.07) is 0. The van der Waals surface area contributed by atoms with Crippen molar-refractivity contribution in [2.45, 2.75) is 13.3 Å². The maximum absolute atomic E-state index is 11.8. The van der Waals surface area contributed by atoms with Crippen LogP contribution in [0.15, 0.2) is 12.4 Å². The van der Waals surface area contributed by atoms with E-state index in [0.717, 1.165) is 5.56 Å². The van der Waals surface area contributed by atoms with Gasteiger partial charge in [0.25, 0.3) is 5.78 Å². The van der Waals surface area contributed by atoms with Gasteiger partial charge in [-0.25, -0.2) is 18.7 Å². The van der Waals surface area contributed by atoms with Gasteiger partial charge in [0.2, 0.25) is 5.82 Å². The first kappa shape index (κ1) is 8.70. The second-order valence-electron chi connectivity index (χ2n) is 2.25. The molecule has 1 aromatic heterocycles. The molecule has 0 radical (unpaired) electrons. The summed E-state index contributed by atoms with van der Waals surface area (Å²) in [7, 11) is 0. The third-order valence-electron chi connectivity index (χ3n) is 1.20. The fraction of sp³-hybridized carbons (Fsp3) is 0.286. The van der Waals surface area contributed by atoms with Crippen molar-refractivity contribution in [1.29, 1.82) is 0 Å². The first-order valence-corrected chi connectivity index (χ1v) is 3.22. The Morgan fingerprint density at radius 3 is 2.33 bits per heavy atom. The second kappa shape index (κ2) is 3.34. The Morgan fingerprint density at radius 1 is 1.42 bits per heavy atom. The molecule has 0 amide bonds. The minimum atomic E-state index is -3.03. The summed E-state index contributed by atoms with van der Waals surface area (Å²) in [4.78, 5) is 17.5. The van der Waals surface area contributed by atoms with Gasteiger partial charge in [0, 0.05) is 12.4 Å². The molecule has 0 aliphatic heterocycles. The monoisotopic (exact) mass is 172 g/mol. The lowest BCUT2D eigenvalue weighted by molar-refractivity contribution is 0.0667. The van der Waals surface area contributed by atoms with Crippen LogP contribution in [0.2, 0.25) is 0 Å². The lowest BCUT2D eigenvalue weighted by atomic mass is 10.3. The van der Waals surface area contributed by atoms with Crippen molar-refractivity contribution in [2.75, 3.05) is 0 Å². The molecule has 0 bridgehead atoms. The standard InChI is InChI=1S/C7H6F2N2O/c1-4-2-10-7(11-3-4)5(12)6(8)9/h2-3,6H,1H3. The molecule has 0 unspecified atom stereocenters. The van der Waals surface area contributed by atoms with E-state index < -0.39 is 18.0 Å². The molecule has 64 valence electrons. The Labute approximate surface area is 67.5 Å². The van der Waals surface area contributed by atoms with Gasteiger partial charge in [0.15, 0.2) is 0 Å². The third kappa shape index (κ3) is 1.81. The number of hydrogen-bond acceptors (Lipinski definition) is 3. The predicted octanol–water partition coefficient (Wildman–Crippen LogP) is 1.23. The molecular weight excluding hydrogens is 166 g/mol. The Balaban J connectivity index is 2.90. The lowest BCUT2D eigenvalue weighted by Gasteiger charge is -1.96. The molecule has 0 aliphatic carbocycles. The van der Waals surface area contributed by atoms with Gasteiger partial charge in [-0.05, 0) is 12.5 Å². The fourth-order valence-electron chi connectivity index (χ4n) is 0.617. The topological polar surface area (TPSA) is 42.9 Å². The van der Waals surface area contributed by atoms with E-state index >= 15 is 0 Å². The molecule has 1 heterocycles. The van der Waals surface area contributed by atoms with Crippen molar-refractivity contribution < 1.29 is 13.6 Å². The molecule has 5 heteroatoms. The van der Waals surface area contributed by atoms with Gasteiger partial charge < -0.3 is 0 Å². The van der Waals surface area contributed by atoms with Crippen molar-refractivity contribution in [3.05, 3.63) is 23.8 Å². The van der Waals surface area contributed by atoms with E-state index in [-0.39, 0.29) is 0 Å². The van der Waals surface area contributed by atoms with Crippen LogP contribution in [0.3, 0.4) is 0 Å². The van der Waals surface area contributed by atoms with E-state index in [1.807, 2.05) is 0 Å². The smallest absolute Gasteiger partial charge is 0.284 e. The van der Waals surface area contributed by atoms with E-state index in [2.05, 4.69) is 9.97 Å². The van der Waals surface area contributed by atoms with Crippen LogP contribution >= 0.6 is 0 Å². The maximum atomic E-state index is 11.8. The Kier molecular flexibility index (Phi) is 2.42. The molecule has 0 spiro atoms. The lowest BCUT2D eigenvalue weighted by Crippen LogP contribution is -2.13. The zero-order chi connectivity index (χ0) is 9.14. The van der Waals surface area contributed by atoms with Gasteiger partial charge in [-0.2, -0.15) is 0 Å². The molecule has 1 rings (SSSR count). The molecule has 0 saturated heterocycles. The molecule has 0 N–H and O–H groups in total. The second-order valence-corrected chi connectivity index (χ2v) is 2.25. The van der Waals surface area contributed by atoms with E-state index in [0.29, 0.717) is 0 Å². The molecule has 0 aromatic carbocycles. The van der Waals surface area contributed by atoms with Crippen LogP contribution in [0.25, 0.3) is 0 Å². The number of aromatic nitrogens is 2. The normalized spacial score (nSPS) is 10.3. The Bertz CT molecular complexity index is 284. The van der Waals surface area contributed by atoms with Crippen molar-refractivity contribution in [3.63, 3.8) is 0 Å². The van der Waals surface area contributed by atoms with Crippen molar-refractivity contribution >= 4 is 5.78 Å². The SMILES string of the molecule is Cc1cnc(C(=O)C(F)F)nc1. The van der Waals surface area contributed by atoms with Gasteiger partial charge in [-0.15, -0.1) is 0 Å². The number of aryl methyl sites for hydroxylation is 1. The number of nitrogens with zero attached hydrogens (tertiary/aromatic N) is 2. The molecule has 0 fully saturated rings. The number of carbonyl (C=O) groups is 1. The molecule has 12 heavy (non-hydrogen) atoms. The first-order chi connectivity index (χ1) is 5.61. The zero-order valence-corrected chi connectivity index (χ0v) is 6.29. The Morgan fingerprint density at radius 2 is 1.92 bits per heavy atom. The van der Waals surface area contributed by atoms with Crippen LogP contribution in [0.4, 0.5) is 8.78 Å². The average Bonchev–Trinajstić information content (AvgIpc) is 2.04. The number of Topliss-reactive ketones (excluding diaryl/α,β-unsaturated/α-hetero) is 1.